The molecular formula is C78H152O17P2. The van der Waals surface area contributed by atoms with Gasteiger partial charge in [-0.25, -0.2) is 9.13 Å². The van der Waals surface area contributed by atoms with Crippen molar-refractivity contribution in [2.75, 3.05) is 39.6 Å². The summed E-state index contributed by atoms with van der Waals surface area (Å²) in [6.07, 6.45) is 52.8. The third-order valence-electron chi connectivity index (χ3n) is 18.4. The van der Waals surface area contributed by atoms with E-state index in [1.165, 1.54) is 193 Å². The van der Waals surface area contributed by atoms with Gasteiger partial charge in [-0.05, 0) is 49.4 Å². The minimum Gasteiger partial charge on any atom is -0.462 e. The Balaban J connectivity index is 5.24. The molecule has 3 unspecified atom stereocenters. The monoisotopic (exact) mass is 1420 g/mol. The number of rotatable bonds is 75. The first-order valence-electron chi connectivity index (χ1n) is 40.2. The summed E-state index contributed by atoms with van der Waals surface area (Å²) < 4.78 is 68.6. The molecule has 0 spiro atoms. The lowest BCUT2D eigenvalue weighted by molar-refractivity contribution is -0.161. The minimum atomic E-state index is -4.96. The summed E-state index contributed by atoms with van der Waals surface area (Å²) in [5, 5.41) is 10.6. The largest absolute Gasteiger partial charge is 0.472 e. The first-order chi connectivity index (χ1) is 46.6. The van der Waals surface area contributed by atoms with Crippen molar-refractivity contribution >= 4 is 39.5 Å². The van der Waals surface area contributed by atoms with Gasteiger partial charge in [0.05, 0.1) is 26.4 Å². The van der Waals surface area contributed by atoms with Crippen molar-refractivity contribution in [1.82, 2.24) is 0 Å². The Morgan fingerprint density at radius 3 is 0.732 bits per heavy atom. The molecule has 0 aromatic heterocycles. The lowest BCUT2D eigenvalue weighted by Crippen LogP contribution is -2.30. The van der Waals surface area contributed by atoms with E-state index in [1.807, 2.05) is 0 Å². The van der Waals surface area contributed by atoms with Crippen LogP contribution in [0.4, 0.5) is 0 Å². The molecule has 17 nitrogen and oxygen atoms in total. The van der Waals surface area contributed by atoms with Crippen LogP contribution in [0.5, 0.6) is 0 Å². The van der Waals surface area contributed by atoms with E-state index < -0.39 is 97.5 Å². The third-order valence-corrected chi connectivity index (χ3v) is 20.3. The third kappa shape index (κ3) is 70.9. The highest BCUT2D eigenvalue weighted by Gasteiger charge is 2.30. The summed E-state index contributed by atoms with van der Waals surface area (Å²) in [5.41, 5.74) is 0. The molecule has 0 aromatic carbocycles. The van der Waals surface area contributed by atoms with Crippen LogP contribution in [-0.2, 0) is 65.4 Å². The van der Waals surface area contributed by atoms with Crippen LogP contribution in [0.15, 0.2) is 0 Å². The van der Waals surface area contributed by atoms with Crippen molar-refractivity contribution in [3.05, 3.63) is 0 Å². The van der Waals surface area contributed by atoms with Crippen LogP contribution in [0, 0.1) is 23.7 Å². The van der Waals surface area contributed by atoms with Gasteiger partial charge in [0.25, 0.3) is 0 Å². The van der Waals surface area contributed by atoms with Crippen LogP contribution < -0.4 is 0 Å². The van der Waals surface area contributed by atoms with Crippen LogP contribution in [-0.4, -0.2) is 96.7 Å². The summed E-state index contributed by atoms with van der Waals surface area (Å²) >= 11 is 0. The molecule has 0 saturated heterocycles. The van der Waals surface area contributed by atoms with Gasteiger partial charge in [-0.2, -0.15) is 0 Å². The zero-order valence-electron chi connectivity index (χ0n) is 63.7. The number of unbranched alkanes of at least 4 members (excludes halogenated alkanes) is 40. The second kappa shape index (κ2) is 67.2. The molecule has 0 aliphatic carbocycles. The van der Waals surface area contributed by atoms with Crippen LogP contribution in [0.3, 0.4) is 0 Å². The molecule has 0 aromatic rings. The van der Waals surface area contributed by atoms with Crippen LogP contribution in [0.25, 0.3) is 0 Å². The van der Waals surface area contributed by atoms with E-state index in [9.17, 15) is 43.2 Å². The zero-order chi connectivity index (χ0) is 71.7. The second-order valence-corrected chi connectivity index (χ2v) is 32.7. The molecule has 97 heavy (non-hydrogen) atoms. The molecule has 0 fully saturated rings. The number of esters is 4. The Labute approximate surface area is 594 Å². The van der Waals surface area contributed by atoms with Crippen molar-refractivity contribution < 1.29 is 80.2 Å². The van der Waals surface area contributed by atoms with Crippen molar-refractivity contribution in [2.24, 2.45) is 23.7 Å². The summed E-state index contributed by atoms with van der Waals surface area (Å²) in [5.74, 6) is 0.959. The Hall–Kier alpha value is -1.94. The number of hydrogen-bond donors (Lipinski definition) is 3. The fourth-order valence-electron chi connectivity index (χ4n) is 11.9. The Kier molecular flexibility index (Phi) is 65.9. The van der Waals surface area contributed by atoms with E-state index in [1.54, 1.807) is 0 Å². The fraction of sp³-hybridized carbons (Fsp3) is 0.949. The first kappa shape index (κ1) is 95.1. The molecule has 6 atom stereocenters. The van der Waals surface area contributed by atoms with E-state index in [0.717, 1.165) is 114 Å². The van der Waals surface area contributed by atoms with Crippen molar-refractivity contribution in [2.45, 2.75) is 414 Å². The highest BCUT2D eigenvalue weighted by atomic mass is 31.2. The number of phosphoric ester groups is 2. The summed E-state index contributed by atoms with van der Waals surface area (Å²) in [6.45, 7) is 14.2. The van der Waals surface area contributed by atoms with Crippen molar-refractivity contribution in [1.29, 1.82) is 0 Å². The van der Waals surface area contributed by atoms with E-state index >= 15 is 0 Å². The van der Waals surface area contributed by atoms with E-state index in [0.29, 0.717) is 31.6 Å². The molecule has 0 rings (SSSR count). The van der Waals surface area contributed by atoms with Crippen LogP contribution >= 0.6 is 15.6 Å². The fourth-order valence-corrected chi connectivity index (χ4v) is 13.5. The number of carbonyl (C=O) groups is 4. The van der Waals surface area contributed by atoms with Gasteiger partial charge in [0.15, 0.2) is 12.2 Å². The molecule has 0 aliphatic rings. The van der Waals surface area contributed by atoms with E-state index in [4.69, 9.17) is 37.0 Å². The molecule has 3 N–H and O–H groups in total. The summed E-state index contributed by atoms with van der Waals surface area (Å²) in [4.78, 5) is 72.9. The maximum atomic E-state index is 13.1. The minimum absolute atomic E-state index is 0.106. The maximum Gasteiger partial charge on any atom is 0.472 e. The molecule has 0 aliphatic heterocycles. The molecule has 0 saturated carbocycles. The topological polar surface area (TPSA) is 237 Å². The average Bonchev–Trinajstić information content (AvgIpc) is 1.89. The molecule has 19 heteroatoms. The highest BCUT2D eigenvalue weighted by molar-refractivity contribution is 7.47. The quantitative estimate of drug-likeness (QED) is 0.0222. The van der Waals surface area contributed by atoms with Gasteiger partial charge in [-0.15, -0.1) is 0 Å². The Morgan fingerprint density at radius 2 is 0.495 bits per heavy atom. The standard InChI is InChI=1S/C78H152O17P2/c1-9-71(8)57-49-41-32-26-22-23-27-33-42-50-58-75(80)88-64-73(94-77(82)60-52-44-34-28-20-16-12-10-11-14-18-24-30-38-46-54-68(2)3)66-92-96(84,85)90-62-72(79)63-91-97(86,87)93-67-74(65-89-76(81)59-51-43-37-36-40-48-56-70(6)7)95-78(83)61-53-45-35-29-21-17-13-15-19-25-31-39-47-55-69(4)5/h68-74,79H,9-67H2,1-8H3,(H,84,85)(H,86,87)/t71?,72-,73-,74-/m1/s1. The Morgan fingerprint density at radius 1 is 0.289 bits per heavy atom. The van der Waals surface area contributed by atoms with Gasteiger partial charge in [-0.1, -0.05) is 344 Å². The molecule has 0 heterocycles. The smallest absolute Gasteiger partial charge is 0.462 e. The highest BCUT2D eigenvalue weighted by Crippen LogP contribution is 2.45. The van der Waals surface area contributed by atoms with Gasteiger partial charge in [-0.3, -0.25) is 37.3 Å². The number of carbonyl (C=O) groups excluding carboxylic acids is 4. The normalized spacial score (nSPS) is 14.4. The maximum absolute atomic E-state index is 13.1. The second-order valence-electron chi connectivity index (χ2n) is 29.8. The molecule has 0 amide bonds. The van der Waals surface area contributed by atoms with Gasteiger partial charge in [0, 0.05) is 25.7 Å². The number of aliphatic hydroxyl groups excluding tert-OH is 1. The molecular weight excluding hydrogens is 1270 g/mol. The van der Waals surface area contributed by atoms with Gasteiger partial charge in [0.1, 0.15) is 19.3 Å². The van der Waals surface area contributed by atoms with E-state index in [-0.39, 0.29) is 25.7 Å². The molecule has 0 bridgehead atoms. The number of ether oxygens (including phenoxy) is 4. The number of aliphatic hydroxyl groups is 1. The number of hydrogen-bond acceptors (Lipinski definition) is 15. The first-order valence-corrected chi connectivity index (χ1v) is 43.2. The Bertz CT molecular complexity index is 1900. The van der Waals surface area contributed by atoms with Gasteiger partial charge >= 0.3 is 39.5 Å². The van der Waals surface area contributed by atoms with Crippen LogP contribution in [0.1, 0.15) is 396 Å². The predicted molar refractivity (Wildman–Crippen MR) is 395 cm³/mol. The lowest BCUT2D eigenvalue weighted by Gasteiger charge is -2.21. The zero-order valence-corrected chi connectivity index (χ0v) is 65.5. The molecule has 576 valence electrons. The summed E-state index contributed by atoms with van der Waals surface area (Å²) in [7, 11) is -9.92. The average molecular weight is 1420 g/mol. The van der Waals surface area contributed by atoms with Gasteiger partial charge in [0.2, 0.25) is 0 Å². The van der Waals surface area contributed by atoms with E-state index in [2.05, 4.69) is 55.4 Å². The van der Waals surface area contributed by atoms with Crippen molar-refractivity contribution in [3.63, 3.8) is 0 Å². The lowest BCUT2D eigenvalue weighted by atomic mass is 9.99. The predicted octanol–water partition coefficient (Wildman–Crippen LogP) is 22.8. The molecule has 0 radical (unpaired) electrons. The van der Waals surface area contributed by atoms with Crippen LogP contribution in [0.2, 0.25) is 0 Å². The van der Waals surface area contributed by atoms with Crippen molar-refractivity contribution in [3.8, 4) is 0 Å². The number of phosphoric acid groups is 2. The summed E-state index contributed by atoms with van der Waals surface area (Å²) in [6, 6.07) is 0. The van der Waals surface area contributed by atoms with Gasteiger partial charge < -0.3 is 33.8 Å². The SMILES string of the molecule is CCC(C)CCCCCCCCCCCCC(=O)OC[C@H](COP(=O)(O)OC[C@@H](O)COP(=O)(O)OC[C@@H](COC(=O)CCCCCCCCC(C)C)OC(=O)CCCCCCCCCCCCCCCC(C)C)OC(=O)CCCCCCCCCCCCCCCCCC(C)C.